The number of Topliss-reactive ketones (excluding diaryl/α,β-unsaturated/α-hetero) is 1. The molecule has 0 aromatic carbocycles. The van der Waals surface area contributed by atoms with E-state index < -0.39 is 10.8 Å². The molecule has 188 valence electrons. The average molecular weight is 477 g/mol. The predicted octanol–water partition coefficient (Wildman–Crippen LogP) is 5.32. The Kier molecular flexibility index (Phi) is 5.52. The fraction of sp³-hybridized carbons (Fsp3) is 0.733. The zero-order valence-electron chi connectivity index (χ0n) is 22.0. The zero-order chi connectivity index (χ0) is 25.4. The monoisotopic (exact) mass is 476 g/mol. The third kappa shape index (κ3) is 3.35. The Hall–Kier alpha value is -2.22. The van der Waals surface area contributed by atoms with Crippen molar-refractivity contribution in [2.75, 3.05) is 6.54 Å². The summed E-state index contributed by atoms with van der Waals surface area (Å²) in [6, 6.07) is 2.12. The number of hydrogen-bond donors (Lipinski definition) is 1. The molecule has 0 aromatic heterocycles. The van der Waals surface area contributed by atoms with Crippen LogP contribution in [-0.2, 0) is 14.4 Å². The lowest BCUT2D eigenvalue weighted by Crippen LogP contribution is -2.62. The van der Waals surface area contributed by atoms with Crippen molar-refractivity contribution in [1.29, 1.82) is 5.26 Å². The largest absolute Gasteiger partial charge is 0.356 e. The number of allylic oxidation sites excluding steroid dienone is 4. The van der Waals surface area contributed by atoms with E-state index in [9.17, 15) is 19.6 Å². The van der Waals surface area contributed by atoms with Crippen LogP contribution in [0.2, 0.25) is 0 Å². The number of amides is 1. The molecular formula is C30H40N2O3. The van der Waals surface area contributed by atoms with Crippen LogP contribution in [0.15, 0.2) is 23.3 Å². The maximum absolute atomic E-state index is 14.1. The second-order valence-electron chi connectivity index (χ2n) is 13.4. The van der Waals surface area contributed by atoms with Gasteiger partial charge in [0.15, 0.2) is 11.6 Å². The fourth-order valence-electron chi connectivity index (χ4n) is 9.14. The summed E-state index contributed by atoms with van der Waals surface area (Å²) in [7, 11) is 0. The first-order valence-electron chi connectivity index (χ1n) is 13.6. The van der Waals surface area contributed by atoms with Gasteiger partial charge >= 0.3 is 0 Å². The molecule has 0 radical (unpaired) electrons. The molecule has 3 saturated carbocycles. The Balaban J connectivity index is 1.62. The van der Waals surface area contributed by atoms with Gasteiger partial charge in [-0.25, -0.2) is 0 Å². The molecule has 0 spiro atoms. The summed E-state index contributed by atoms with van der Waals surface area (Å²) in [5.41, 5.74) is 0.453. The maximum Gasteiger partial charge on any atom is 0.226 e. The normalized spacial score (nSPS) is 43.9. The number of fused-ring (bicyclic) bond motifs is 7. The molecule has 0 aliphatic heterocycles. The second kappa shape index (κ2) is 7.89. The van der Waals surface area contributed by atoms with E-state index in [0.717, 1.165) is 50.5 Å². The summed E-state index contributed by atoms with van der Waals surface area (Å²) in [6.45, 7) is 11.6. The Morgan fingerprint density at radius 3 is 2.51 bits per heavy atom. The van der Waals surface area contributed by atoms with Crippen molar-refractivity contribution in [3.63, 3.8) is 0 Å². The summed E-state index contributed by atoms with van der Waals surface area (Å²) in [4.78, 5) is 40.1. The number of hydrogen-bond acceptors (Lipinski definition) is 4. The standard InChI is InChI=1S/C30H40N2O3/c1-6-32-26(35)30-10-8-20-25(21(30)16-27(2,3)11-12-30)23(34)14-24-28(20,4)9-7-19-13-22(33)18(17-31)15-29(19,24)5/h14-15,19-21,25H,6-13,16H2,1-5H3,(H,32,35). The van der Waals surface area contributed by atoms with Gasteiger partial charge in [-0.1, -0.05) is 39.3 Å². The highest BCUT2D eigenvalue weighted by molar-refractivity contribution is 6.01. The SMILES string of the molecule is CCNC(=O)C12CCC3C(C(=O)C=C4C5(C)C=C(C#N)C(=O)CC5CCC43C)C1CC(C)(C)CC2. The number of nitrogens with zero attached hydrogens (tertiary/aromatic N) is 1. The molecule has 0 saturated heterocycles. The zero-order valence-corrected chi connectivity index (χ0v) is 22.0. The Labute approximate surface area is 209 Å². The molecule has 0 bridgehead atoms. The number of nitriles is 1. The highest BCUT2D eigenvalue weighted by Gasteiger charge is 2.65. The maximum atomic E-state index is 14.1. The van der Waals surface area contributed by atoms with Crippen molar-refractivity contribution in [3.05, 3.63) is 23.3 Å². The van der Waals surface area contributed by atoms with Crippen LogP contribution < -0.4 is 5.32 Å². The highest BCUT2D eigenvalue weighted by Crippen LogP contribution is 2.69. The van der Waals surface area contributed by atoms with Gasteiger partial charge in [-0.15, -0.1) is 0 Å². The molecule has 5 aliphatic carbocycles. The van der Waals surface area contributed by atoms with E-state index in [1.54, 1.807) is 0 Å². The van der Waals surface area contributed by atoms with Gasteiger partial charge < -0.3 is 5.32 Å². The van der Waals surface area contributed by atoms with Crippen LogP contribution in [0.4, 0.5) is 0 Å². The van der Waals surface area contributed by atoms with E-state index in [4.69, 9.17) is 0 Å². The fourth-order valence-corrected chi connectivity index (χ4v) is 9.14. The van der Waals surface area contributed by atoms with E-state index >= 15 is 0 Å². The van der Waals surface area contributed by atoms with Crippen LogP contribution in [0.1, 0.15) is 86.0 Å². The van der Waals surface area contributed by atoms with Crippen LogP contribution in [0.5, 0.6) is 0 Å². The summed E-state index contributed by atoms with van der Waals surface area (Å²) < 4.78 is 0. The van der Waals surface area contributed by atoms with Crippen molar-refractivity contribution in [3.8, 4) is 6.07 Å². The van der Waals surface area contributed by atoms with Crippen molar-refractivity contribution in [2.24, 2.45) is 45.3 Å². The van der Waals surface area contributed by atoms with Gasteiger partial charge in [0, 0.05) is 24.3 Å². The lowest BCUT2D eigenvalue weighted by molar-refractivity contribution is -0.160. The van der Waals surface area contributed by atoms with Crippen molar-refractivity contribution in [1.82, 2.24) is 5.32 Å². The number of carbonyl (C=O) groups excluding carboxylic acids is 3. The molecule has 1 amide bonds. The second-order valence-corrected chi connectivity index (χ2v) is 13.4. The quantitative estimate of drug-likeness (QED) is 0.585. The summed E-state index contributed by atoms with van der Waals surface area (Å²) >= 11 is 0. The molecule has 1 N–H and O–H groups in total. The van der Waals surface area contributed by atoms with Crippen LogP contribution in [0.25, 0.3) is 0 Å². The van der Waals surface area contributed by atoms with Gasteiger partial charge in [-0.3, -0.25) is 14.4 Å². The van der Waals surface area contributed by atoms with Crippen molar-refractivity contribution >= 4 is 17.5 Å². The first-order chi connectivity index (χ1) is 16.4. The van der Waals surface area contributed by atoms with E-state index in [2.05, 4.69) is 39.1 Å². The Bertz CT molecular complexity index is 1090. The third-order valence-electron chi connectivity index (χ3n) is 11.1. The minimum atomic E-state index is -0.448. The predicted molar refractivity (Wildman–Crippen MR) is 134 cm³/mol. The molecule has 0 heterocycles. The molecule has 7 unspecified atom stereocenters. The number of rotatable bonds is 2. The lowest BCUT2D eigenvalue weighted by atomic mass is 9.40. The topological polar surface area (TPSA) is 87.0 Å². The van der Waals surface area contributed by atoms with E-state index in [0.29, 0.717) is 13.0 Å². The average Bonchev–Trinajstić information content (AvgIpc) is 2.80. The number of carbonyl (C=O) groups is 3. The van der Waals surface area contributed by atoms with Gasteiger partial charge in [-0.2, -0.15) is 5.26 Å². The van der Waals surface area contributed by atoms with Crippen LogP contribution in [0.3, 0.4) is 0 Å². The first kappa shape index (κ1) is 24.5. The molecule has 5 rings (SSSR count). The summed E-state index contributed by atoms with van der Waals surface area (Å²) in [5, 5.41) is 12.7. The van der Waals surface area contributed by atoms with E-state index in [-0.39, 0.29) is 57.5 Å². The van der Waals surface area contributed by atoms with Gasteiger partial charge in [0.25, 0.3) is 0 Å². The minimum absolute atomic E-state index is 0.0577. The molecule has 3 fully saturated rings. The van der Waals surface area contributed by atoms with Crippen molar-refractivity contribution < 1.29 is 14.4 Å². The van der Waals surface area contributed by atoms with Crippen LogP contribution >= 0.6 is 0 Å². The highest BCUT2D eigenvalue weighted by atomic mass is 16.2. The van der Waals surface area contributed by atoms with Gasteiger partial charge in [0.05, 0.1) is 11.0 Å². The molecule has 7 atom stereocenters. The summed E-state index contributed by atoms with van der Waals surface area (Å²) in [6.07, 6.45) is 10.6. The molecular weight excluding hydrogens is 436 g/mol. The molecule has 5 nitrogen and oxygen atoms in total. The van der Waals surface area contributed by atoms with Crippen LogP contribution in [-0.4, -0.2) is 24.0 Å². The molecule has 35 heavy (non-hydrogen) atoms. The van der Waals surface area contributed by atoms with Gasteiger partial charge in [-0.05, 0) is 86.5 Å². The van der Waals surface area contributed by atoms with Crippen molar-refractivity contribution in [2.45, 2.75) is 86.0 Å². The van der Waals surface area contributed by atoms with E-state index in [1.165, 1.54) is 0 Å². The summed E-state index contributed by atoms with van der Waals surface area (Å²) in [5.74, 6) is 0.520. The molecule has 5 heteroatoms. The van der Waals surface area contributed by atoms with Crippen LogP contribution in [0, 0.1) is 56.7 Å². The third-order valence-corrected chi connectivity index (χ3v) is 11.1. The minimum Gasteiger partial charge on any atom is -0.356 e. The van der Waals surface area contributed by atoms with Gasteiger partial charge in [0.2, 0.25) is 5.91 Å². The molecule has 5 aliphatic rings. The number of ketones is 2. The van der Waals surface area contributed by atoms with Gasteiger partial charge in [0.1, 0.15) is 6.07 Å². The smallest absolute Gasteiger partial charge is 0.226 e. The lowest BCUT2D eigenvalue weighted by Gasteiger charge is -2.63. The van der Waals surface area contributed by atoms with E-state index in [1.807, 2.05) is 19.1 Å². The first-order valence-corrected chi connectivity index (χ1v) is 13.6. The number of nitrogens with one attached hydrogen (secondary N) is 1. The Morgan fingerprint density at radius 1 is 1.09 bits per heavy atom. The molecule has 0 aromatic rings. The Morgan fingerprint density at radius 2 is 1.83 bits per heavy atom.